The number of hydrogen-bond acceptors (Lipinski definition) is 8. The van der Waals surface area contributed by atoms with E-state index in [1.807, 2.05) is 13.0 Å². The predicted molar refractivity (Wildman–Crippen MR) is 107 cm³/mol. The Morgan fingerprint density at radius 2 is 2.00 bits per heavy atom. The van der Waals surface area contributed by atoms with Crippen molar-refractivity contribution in [1.29, 1.82) is 0 Å². The van der Waals surface area contributed by atoms with Crippen LogP contribution in [0.15, 0.2) is 47.1 Å². The molecule has 8 nitrogen and oxygen atoms in total. The van der Waals surface area contributed by atoms with Gasteiger partial charge in [0.25, 0.3) is 0 Å². The van der Waals surface area contributed by atoms with E-state index in [1.165, 1.54) is 13.0 Å². The Hall–Kier alpha value is -2.71. The van der Waals surface area contributed by atoms with Gasteiger partial charge < -0.3 is 24.4 Å². The molecule has 4 atom stereocenters. The number of hydrogen-bond donors (Lipinski definition) is 2. The fraction of sp³-hybridized carbons (Fsp3) is 0.500. The second-order valence-electron chi connectivity index (χ2n) is 7.43. The highest BCUT2D eigenvalue weighted by Crippen LogP contribution is 2.36. The van der Waals surface area contributed by atoms with E-state index >= 15 is 0 Å². The lowest BCUT2D eigenvalue weighted by atomic mass is 9.85. The maximum Gasteiger partial charge on any atom is 0.336 e. The molecule has 1 heterocycles. The molecular weight excluding hydrogens is 392 g/mol. The molecule has 30 heavy (non-hydrogen) atoms. The topological polar surface area (TPSA) is 119 Å². The second kappa shape index (κ2) is 10.4. The van der Waals surface area contributed by atoms with Crippen LogP contribution in [0.1, 0.15) is 33.6 Å². The SMILES string of the molecule is C=C1C(=O)O[C@H]2/C=C(\C)[C@H](OC(C)=O)C/C=C(/C)C[C@H](OC(=O)/C(=C/CO)CO)[C@H]12. The van der Waals surface area contributed by atoms with E-state index in [0.29, 0.717) is 18.4 Å². The molecule has 0 saturated carbocycles. The van der Waals surface area contributed by atoms with Crippen LogP contribution in [0.2, 0.25) is 0 Å². The standard InChI is InChI=1S/C22H28O8/c1-12-5-6-17(28-15(4)25)13(2)10-19-20(14(3)21(26)29-19)18(9-12)30-22(27)16(11-24)7-8-23/h5,7,10,17-20,23-24H,3,6,8-9,11H2,1-2,4H3/b12-5-,13-10+,16-7+/t17-,18+,19+,20+/m1/s1. The van der Waals surface area contributed by atoms with Crippen LogP contribution in [0.4, 0.5) is 0 Å². The van der Waals surface area contributed by atoms with Crippen LogP contribution in [0.3, 0.4) is 0 Å². The van der Waals surface area contributed by atoms with Gasteiger partial charge in [-0.25, -0.2) is 9.59 Å². The van der Waals surface area contributed by atoms with E-state index in [2.05, 4.69) is 6.58 Å². The molecule has 0 aromatic heterocycles. The van der Waals surface area contributed by atoms with Gasteiger partial charge in [0.1, 0.15) is 18.3 Å². The highest BCUT2D eigenvalue weighted by molar-refractivity contribution is 5.92. The van der Waals surface area contributed by atoms with Gasteiger partial charge in [0, 0.05) is 25.3 Å². The molecule has 0 amide bonds. The number of carbonyl (C=O) groups is 3. The van der Waals surface area contributed by atoms with E-state index in [0.717, 1.165) is 5.57 Å². The summed E-state index contributed by atoms with van der Waals surface area (Å²) in [5.41, 5.74) is 1.67. The Labute approximate surface area is 175 Å². The Morgan fingerprint density at radius 3 is 2.60 bits per heavy atom. The van der Waals surface area contributed by atoms with Gasteiger partial charge in [0.05, 0.1) is 24.7 Å². The third-order valence-corrected chi connectivity index (χ3v) is 5.14. The van der Waals surface area contributed by atoms with Gasteiger partial charge in [0.15, 0.2) is 0 Å². The van der Waals surface area contributed by atoms with E-state index in [4.69, 9.17) is 19.3 Å². The van der Waals surface area contributed by atoms with Gasteiger partial charge >= 0.3 is 17.9 Å². The van der Waals surface area contributed by atoms with Crippen molar-refractivity contribution >= 4 is 17.9 Å². The summed E-state index contributed by atoms with van der Waals surface area (Å²) in [6, 6.07) is 0. The van der Waals surface area contributed by atoms with Crippen molar-refractivity contribution in [2.45, 2.75) is 51.9 Å². The van der Waals surface area contributed by atoms with E-state index in [9.17, 15) is 19.5 Å². The first-order chi connectivity index (χ1) is 14.2. The number of esters is 3. The van der Waals surface area contributed by atoms with Crippen LogP contribution >= 0.6 is 0 Å². The summed E-state index contributed by atoms with van der Waals surface area (Å²) < 4.78 is 16.5. The van der Waals surface area contributed by atoms with Crippen LogP contribution in [-0.2, 0) is 28.6 Å². The molecule has 1 saturated heterocycles. The second-order valence-corrected chi connectivity index (χ2v) is 7.43. The number of aliphatic hydroxyl groups excluding tert-OH is 2. The maximum absolute atomic E-state index is 12.5. The number of rotatable bonds is 5. The first-order valence-corrected chi connectivity index (χ1v) is 9.70. The van der Waals surface area contributed by atoms with Crippen LogP contribution in [0.25, 0.3) is 0 Å². The van der Waals surface area contributed by atoms with Gasteiger partial charge in [-0.2, -0.15) is 0 Å². The summed E-state index contributed by atoms with van der Waals surface area (Å²) in [6.07, 6.45) is 3.45. The Bertz CT molecular complexity index is 804. The first-order valence-electron chi connectivity index (χ1n) is 9.70. The molecule has 0 aromatic carbocycles. The van der Waals surface area contributed by atoms with Crippen LogP contribution < -0.4 is 0 Å². The van der Waals surface area contributed by atoms with Crippen LogP contribution in [0, 0.1) is 5.92 Å². The fourth-order valence-corrected chi connectivity index (χ4v) is 3.56. The quantitative estimate of drug-likeness (QED) is 0.297. The lowest BCUT2D eigenvalue weighted by molar-refractivity contribution is -0.148. The number of ether oxygens (including phenoxy) is 3. The number of fused-ring (bicyclic) bond motifs is 1. The van der Waals surface area contributed by atoms with Crippen LogP contribution in [0.5, 0.6) is 0 Å². The molecular formula is C22H28O8. The molecule has 1 fully saturated rings. The average molecular weight is 420 g/mol. The normalized spacial score (nSPS) is 30.9. The average Bonchev–Trinajstić information content (AvgIpc) is 2.94. The van der Waals surface area contributed by atoms with Gasteiger partial charge in [-0.15, -0.1) is 0 Å². The van der Waals surface area contributed by atoms with Gasteiger partial charge in [0.2, 0.25) is 0 Å². The van der Waals surface area contributed by atoms with Crippen molar-refractivity contribution in [1.82, 2.24) is 0 Å². The minimum Gasteiger partial charge on any atom is -0.458 e. The van der Waals surface area contributed by atoms with Crippen molar-refractivity contribution in [3.63, 3.8) is 0 Å². The highest BCUT2D eigenvalue weighted by atomic mass is 16.6. The lowest BCUT2D eigenvalue weighted by Crippen LogP contribution is -2.34. The van der Waals surface area contributed by atoms with Gasteiger partial charge in [-0.1, -0.05) is 18.2 Å². The molecule has 0 radical (unpaired) electrons. The number of aliphatic hydroxyl groups is 2. The molecule has 2 aliphatic rings. The summed E-state index contributed by atoms with van der Waals surface area (Å²) in [5, 5.41) is 18.4. The van der Waals surface area contributed by atoms with E-state index in [1.54, 1.807) is 13.0 Å². The molecule has 1 aliphatic carbocycles. The van der Waals surface area contributed by atoms with E-state index in [-0.39, 0.29) is 11.1 Å². The molecule has 2 rings (SSSR count). The predicted octanol–water partition coefficient (Wildman–Crippen LogP) is 1.53. The van der Waals surface area contributed by atoms with Crippen molar-refractivity contribution in [3.8, 4) is 0 Å². The number of carbonyl (C=O) groups excluding carboxylic acids is 3. The zero-order chi connectivity index (χ0) is 22.4. The first kappa shape index (κ1) is 23.6. The molecule has 164 valence electrons. The molecule has 0 aromatic rings. The van der Waals surface area contributed by atoms with E-state index < -0.39 is 55.4 Å². The van der Waals surface area contributed by atoms with Crippen molar-refractivity contribution in [2.75, 3.05) is 13.2 Å². The zero-order valence-corrected chi connectivity index (χ0v) is 17.4. The molecule has 0 spiro atoms. The Balaban J connectivity index is 2.42. The minimum atomic E-state index is -0.786. The van der Waals surface area contributed by atoms with Crippen molar-refractivity contribution in [2.24, 2.45) is 5.92 Å². The third kappa shape index (κ3) is 5.67. The Morgan fingerprint density at radius 1 is 1.30 bits per heavy atom. The largest absolute Gasteiger partial charge is 0.458 e. The summed E-state index contributed by atoms with van der Waals surface area (Å²) in [4.78, 5) is 36.2. The van der Waals surface area contributed by atoms with Crippen LogP contribution in [-0.4, -0.2) is 59.6 Å². The molecule has 1 aliphatic heterocycles. The molecule has 2 N–H and O–H groups in total. The monoisotopic (exact) mass is 420 g/mol. The summed E-state index contributed by atoms with van der Waals surface area (Å²) >= 11 is 0. The van der Waals surface area contributed by atoms with Gasteiger partial charge in [-0.05, 0) is 31.6 Å². The highest BCUT2D eigenvalue weighted by Gasteiger charge is 2.45. The summed E-state index contributed by atoms with van der Waals surface area (Å²) in [5.74, 6) is -2.44. The summed E-state index contributed by atoms with van der Waals surface area (Å²) in [7, 11) is 0. The maximum atomic E-state index is 12.5. The molecule has 0 unspecified atom stereocenters. The van der Waals surface area contributed by atoms with Crippen molar-refractivity contribution in [3.05, 3.63) is 47.1 Å². The summed E-state index contributed by atoms with van der Waals surface area (Å²) in [6.45, 7) is 7.76. The molecule has 0 bridgehead atoms. The lowest BCUT2D eigenvalue weighted by Gasteiger charge is -2.28. The Kier molecular flexibility index (Phi) is 8.14. The third-order valence-electron chi connectivity index (χ3n) is 5.14. The van der Waals surface area contributed by atoms with Gasteiger partial charge in [-0.3, -0.25) is 4.79 Å². The smallest absolute Gasteiger partial charge is 0.336 e. The minimum absolute atomic E-state index is 0.0784. The fourth-order valence-electron chi connectivity index (χ4n) is 3.56. The van der Waals surface area contributed by atoms with Crippen molar-refractivity contribution < 1.29 is 38.8 Å². The molecule has 8 heteroatoms. The zero-order valence-electron chi connectivity index (χ0n) is 17.4.